The molecule has 0 bridgehead atoms. The summed E-state index contributed by atoms with van der Waals surface area (Å²) < 4.78 is 21.2. The minimum Gasteiger partial charge on any atom is -0.772 e. The number of aromatic nitrogens is 1. The summed E-state index contributed by atoms with van der Waals surface area (Å²) in [6.07, 6.45) is 0. The van der Waals surface area contributed by atoms with Crippen LogP contribution in [0.15, 0.2) is 48.5 Å². The number of hydrogen-bond acceptors (Lipinski definition) is 3. The third-order valence-electron chi connectivity index (χ3n) is 2.14. The van der Waals surface area contributed by atoms with Crippen molar-refractivity contribution in [2.45, 2.75) is 5.75 Å². The summed E-state index contributed by atoms with van der Waals surface area (Å²) in [6, 6.07) is 15.1. The molecule has 0 aliphatic rings. The van der Waals surface area contributed by atoms with Crippen LogP contribution >= 0.6 is 0 Å². The molecule has 0 spiro atoms. The Hall–Kier alpha value is -1.52. The van der Waals surface area contributed by atoms with E-state index in [9.17, 15) is 8.76 Å². The topological polar surface area (TPSA) is 53.0 Å². The number of hydrogen-bond donors (Lipinski definition) is 0. The fourth-order valence-corrected chi connectivity index (χ4v) is 1.85. The zero-order valence-electron chi connectivity index (χ0n) is 8.50. The van der Waals surface area contributed by atoms with Crippen LogP contribution in [0.2, 0.25) is 0 Å². The molecule has 16 heavy (non-hydrogen) atoms. The summed E-state index contributed by atoms with van der Waals surface area (Å²) >= 11 is -2.09. The fourth-order valence-electron chi connectivity index (χ4n) is 1.45. The fraction of sp³-hybridized carbons (Fsp3) is 0.0833. The van der Waals surface area contributed by atoms with Crippen molar-refractivity contribution < 1.29 is 8.76 Å². The molecule has 0 amide bonds. The van der Waals surface area contributed by atoms with Crippen LogP contribution in [0, 0.1) is 0 Å². The second-order valence-electron chi connectivity index (χ2n) is 3.33. The van der Waals surface area contributed by atoms with E-state index in [2.05, 4.69) is 4.98 Å². The van der Waals surface area contributed by atoms with Gasteiger partial charge in [0.15, 0.2) is 0 Å². The van der Waals surface area contributed by atoms with Crippen molar-refractivity contribution in [2.75, 3.05) is 0 Å². The van der Waals surface area contributed by atoms with Gasteiger partial charge in [0.2, 0.25) is 0 Å². The zero-order chi connectivity index (χ0) is 11.4. The van der Waals surface area contributed by atoms with E-state index in [1.165, 1.54) is 0 Å². The van der Waals surface area contributed by atoms with Gasteiger partial charge in [-0.05, 0) is 23.2 Å². The molecule has 1 unspecified atom stereocenters. The molecule has 2 rings (SSSR count). The number of rotatable bonds is 3. The van der Waals surface area contributed by atoms with E-state index < -0.39 is 11.1 Å². The molecule has 0 saturated carbocycles. The molecule has 0 aliphatic carbocycles. The number of nitrogens with zero attached hydrogens (tertiary/aromatic N) is 1. The number of benzene rings is 1. The number of pyridine rings is 1. The third kappa shape index (κ3) is 2.74. The first kappa shape index (κ1) is 11.0. The van der Waals surface area contributed by atoms with Crippen LogP contribution in [-0.2, 0) is 16.8 Å². The quantitative estimate of drug-likeness (QED) is 0.762. The summed E-state index contributed by atoms with van der Waals surface area (Å²) in [6.45, 7) is 0. The lowest BCUT2D eigenvalue weighted by molar-refractivity contribution is 0.535. The Balaban J connectivity index is 2.33. The van der Waals surface area contributed by atoms with E-state index in [0.717, 1.165) is 11.3 Å². The summed E-state index contributed by atoms with van der Waals surface area (Å²) in [7, 11) is 0. The zero-order valence-corrected chi connectivity index (χ0v) is 9.31. The average molecular weight is 232 g/mol. The van der Waals surface area contributed by atoms with Crippen molar-refractivity contribution in [1.82, 2.24) is 4.98 Å². The lowest BCUT2D eigenvalue weighted by Gasteiger charge is -2.06. The van der Waals surface area contributed by atoms with Gasteiger partial charge in [0.05, 0.1) is 17.1 Å². The molecule has 0 fully saturated rings. The van der Waals surface area contributed by atoms with E-state index >= 15 is 0 Å². The maximum Gasteiger partial charge on any atom is 0.0705 e. The minimum atomic E-state index is -2.09. The van der Waals surface area contributed by atoms with Crippen LogP contribution in [0.1, 0.15) is 5.69 Å². The van der Waals surface area contributed by atoms with Crippen molar-refractivity contribution in [2.24, 2.45) is 0 Å². The highest BCUT2D eigenvalue weighted by molar-refractivity contribution is 7.78. The van der Waals surface area contributed by atoms with Crippen LogP contribution in [-0.4, -0.2) is 13.7 Å². The van der Waals surface area contributed by atoms with E-state index in [-0.39, 0.29) is 5.75 Å². The molecule has 0 radical (unpaired) electrons. The van der Waals surface area contributed by atoms with E-state index in [0.29, 0.717) is 5.69 Å². The molecule has 4 heteroatoms. The van der Waals surface area contributed by atoms with Crippen molar-refractivity contribution in [3.8, 4) is 11.3 Å². The molecule has 0 saturated heterocycles. The maximum atomic E-state index is 10.6. The lowest BCUT2D eigenvalue weighted by atomic mass is 10.1. The molecular weight excluding hydrogens is 222 g/mol. The highest BCUT2D eigenvalue weighted by Crippen LogP contribution is 2.16. The van der Waals surface area contributed by atoms with Crippen molar-refractivity contribution in [3.63, 3.8) is 0 Å². The van der Waals surface area contributed by atoms with Crippen LogP contribution in [0.4, 0.5) is 0 Å². The highest BCUT2D eigenvalue weighted by atomic mass is 32.2. The lowest BCUT2D eigenvalue weighted by Crippen LogP contribution is -1.97. The Morgan fingerprint density at radius 3 is 2.50 bits per heavy atom. The summed E-state index contributed by atoms with van der Waals surface area (Å²) in [5.74, 6) is -0.0410. The van der Waals surface area contributed by atoms with Gasteiger partial charge in [0.25, 0.3) is 0 Å². The first-order valence-corrected chi connectivity index (χ1v) is 6.07. The van der Waals surface area contributed by atoms with Gasteiger partial charge in [-0.3, -0.25) is 9.19 Å². The molecule has 1 atom stereocenters. The van der Waals surface area contributed by atoms with Crippen LogP contribution in [0.25, 0.3) is 11.3 Å². The first-order valence-electron chi connectivity index (χ1n) is 4.83. The summed E-state index contributed by atoms with van der Waals surface area (Å²) in [4.78, 5) is 4.29. The van der Waals surface area contributed by atoms with E-state index in [4.69, 9.17) is 0 Å². The Morgan fingerprint density at radius 1 is 1.06 bits per heavy atom. The first-order chi connectivity index (χ1) is 7.75. The molecule has 2 aromatic rings. The maximum absolute atomic E-state index is 10.6. The largest absolute Gasteiger partial charge is 0.772 e. The van der Waals surface area contributed by atoms with Crippen LogP contribution in [0.3, 0.4) is 0 Å². The summed E-state index contributed by atoms with van der Waals surface area (Å²) in [5, 5.41) is 0. The molecule has 1 heterocycles. The van der Waals surface area contributed by atoms with Crippen LogP contribution < -0.4 is 0 Å². The van der Waals surface area contributed by atoms with E-state index in [1.54, 1.807) is 6.07 Å². The third-order valence-corrected chi connectivity index (χ3v) is 2.67. The minimum absolute atomic E-state index is 0.0410. The SMILES string of the molecule is O=S([O-])Cc1cccc(-c2ccccc2)n1. The Labute approximate surface area is 96.5 Å². The molecule has 0 aliphatic heterocycles. The monoisotopic (exact) mass is 232 g/mol. The van der Waals surface area contributed by atoms with Crippen molar-refractivity contribution in [3.05, 3.63) is 54.2 Å². The van der Waals surface area contributed by atoms with Gasteiger partial charge in [-0.1, -0.05) is 36.4 Å². The Kier molecular flexibility index (Phi) is 3.44. The van der Waals surface area contributed by atoms with Gasteiger partial charge in [-0.25, -0.2) is 0 Å². The molecular formula is C12H10NO2S-. The molecule has 3 nitrogen and oxygen atoms in total. The standard InChI is InChI=1S/C12H11NO2S/c14-16(15)9-11-7-4-8-12(13-11)10-5-2-1-3-6-10/h1-8H,9H2,(H,14,15)/p-1. The van der Waals surface area contributed by atoms with Gasteiger partial charge in [0.1, 0.15) is 0 Å². The van der Waals surface area contributed by atoms with Crippen LogP contribution in [0.5, 0.6) is 0 Å². The molecule has 1 aromatic carbocycles. The van der Waals surface area contributed by atoms with Gasteiger partial charge in [0, 0.05) is 5.56 Å². The normalized spacial score (nSPS) is 12.3. The van der Waals surface area contributed by atoms with Crippen molar-refractivity contribution in [1.29, 1.82) is 0 Å². The second-order valence-corrected chi connectivity index (χ2v) is 4.22. The van der Waals surface area contributed by atoms with Gasteiger partial charge in [-0.2, -0.15) is 0 Å². The average Bonchev–Trinajstić information content (AvgIpc) is 2.30. The predicted molar refractivity (Wildman–Crippen MR) is 62.3 cm³/mol. The van der Waals surface area contributed by atoms with Gasteiger partial charge < -0.3 is 4.55 Å². The van der Waals surface area contributed by atoms with Gasteiger partial charge in [-0.15, -0.1) is 0 Å². The molecule has 82 valence electrons. The Bertz CT molecular complexity index is 499. The molecule has 1 aromatic heterocycles. The highest BCUT2D eigenvalue weighted by Gasteiger charge is 2.00. The molecule has 0 N–H and O–H groups in total. The predicted octanol–water partition coefficient (Wildman–Crippen LogP) is 2.13. The van der Waals surface area contributed by atoms with Gasteiger partial charge >= 0.3 is 0 Å². The summed E-state index contributed by atoms with van der Waals surface area (Å²) in [5.41, 5.74) is 2.35. The smallest absolute Gasteiger partial charge is 0.0705 e. The Morgan fingerprint density at radius 2 is 1.81 bits per heavy atom. The van der Waals surface area contributed by atoms with E-state index in [1.807, 2.05) is 42.5 Å². The second kappa shape index (κ2) is 5.01. The van der Waals surface area contributed by atoms with Crippen molar-refractivity contribution >= 4 is 11.1 Å².